The average Bonchev–Trinajstić information content (AvgIpc) is 2.45. The van der Waals surface area contributed by atoms with Gasteiger partial charge in [-0.15, -0.1) is 0 Å². The minimum atomic E-state index is -0.475. The molecule has 1 aliphatic rings. The number of rotatable bonds is 2. The second-order valence-electron chi connectivity index (χ2n) is 6.32. The number of ether oxygens (including phenoxy) is 2. The number of nitrogens with zero attached hydrogens (tertiary/aromatic N) is 2. The molecule has 5 nitrogen and oxygen atoms in total. The predicted octanol–water partition coefficient (Wildman–Crippen LogP) is 3.55. The van der Waals surface area contributed by atoms with E-state index in [1.807, 2.05) is 37.8 Å². The summed E-state index contributed by atoms with van der Waals surface area (Å²) in [5.41, 5.74) is 0.554. The maximum Gasteiger partial charge on any atom is 0.410 e. The van der Waals surface area contributed by atoms with E-state index in [1.54, 1.807) is 13.3 Å². The highest BCUT2D eigenvalue weighted by Gasteiger charge is 2.31. The lowest BCUT2D eigenvalue weighted by Crippen LogP contribution is -2.41. The number of hydrogen-bond donors (Lipinski definition) is 0. The van der Waals surface area contributed by atoms with Crippen LogP contribution in [0.15, 0.2) is 18.3 Å². The van der Waals surface area contributed by atoms with Crippen molar-refractivity contribution < 1.29 is 14.3 Å². The van der Waals surface area contributed by atoms with Gasteiger partial charge >= 0.3 is 6.09 Å². The summed E-state index contributed by atoms with van der Waals surface area (Å²) in [6.45, 7) is 6.39. The molecule has 0 aliphatic carbocycles. The maximum absolute atomic E-state index is 12.4. The maximum atomic E-state index is 12.4. The first-order valence-corrected chi connectivity index (χ1v) is 7.40. The van der Waals surface area contributed by atoms with Gasteiger partial charge in [-0.05, 0) is 45.6 Å². The fourth-order valence-corrected chi connectivity index (χ4v) is 2.53. The van der Waals surface area contributed by atoms with Crippen molar-refractivity contribution in [2.75, 3.05) is 13.7 Å². The molecule has 1 fully saturated rings. The summed E-state index contributed by atoms with van der Waals surface area (Å²) >= 11 is 0. The molecule has 0 bridgehead atoms. The lowest BCUT2D eigenvalue weighted by atomic mass is 9.97. The van der Waals surface area contributed by atoms with Gasteiger partial charge in [-0.1, -0.05) is 6.07 Å². The quantitative estimate of drug-likeness (QED) is 0.836. The first-order chi connectivity index (χ1) is 9.90. The number of carbonyl (C=O) groups excluding carboxylic acids is 1. The van der Waals surface area contributed by atoms with Gasteiger partial charge in [0.25, 0.3) is 0 Å². The summed E-state index contributed by atoms with van der Waals surface area (Å²) in [5, 5.41) is 0. The van der Waals surface area contributed by atoms with E-state index in [2.05, 4.69) is 4.98 Å². The van der Waals surface area contributed by atoms with Crippen LogP contribution in [0.4, 0.5) is 4.79 Å². The average molecular weight is 292 g/mol. The fraction of sp³-hybridized carbons (Fsp3) is 0.625. The molecule has 0 aromatic carbocycles. The molecule has 2 rings (SSSR count). The number of piperidine rings is 1. The highest BCUT2D eigenvalue weighted by molar-refractivity contribution is 5.69. The monoisotopic (exact) mass is 292 g/mol. The summed E-state index contributed by atoms with van der Waals surface area (Å²) in [6, 6.07) is 3.84. The van der Waals surface area contributed by atoms with Crippen LogP contribution in [-0.2, 0) is 4.74 Å². The molecule has 1 aliphatic heterocycles. The van der Waals surface area contributed by atoms with E-state index < -0.39 is 5.60 Å². The normalized spacial score (nSPS) is 19.2. The molecule has 1 saturated heterocycles. The molecular formula is C16H24N2O3. The van der Waals surface area contributed by atoms with Crippen molar-refractivity contribution >= 4 is 6.09 Å². The molecule has 0 N–H and O–H groups in total. The van der Waals surface area contributed by atoms with Crippen LogP contribution in [0, 0.1) is 0 Å². The van der Waals surface area contributed by atoms with E-state index >= 15 is 0 Å². The van der Waals surface area contributed by atoms with E-state index in [1.165, 1.54) is 0 Å². The standard InChI is InChI=1S/C16H24N2O3/c1-16(2,3)21-15(19)18-10-6-5-7-13(18)12-8-9-14(20-4)17-11-12/h8-9,11,13H,5-7,10H2,1-4H3/t13-/m1/s1. The van der Waals surface area contributed by atoms with Crippen molar-refractivity contribution in [3.05, 3.63) is 23.9 Å². The molecule has 0 spiro atoms. The minimum absolute atomic E-state index is 0.0343. The topological polar surface area (TPSA) is 51.7 Å². The van der Waals surface area contributed by atoms with E-state index in [9.17, 15) is 4.79 Å². The van der Waals surface area contributed by atoms with Crippen LogP contribution >= 0.6 is 0 Å². The second kappa shape index (κ2) is 6.33. The molecule has 1 amide bonds. The molecule has 1 atom stereocenters. The van der Waals surface area contributed by atoms with E-state index in [4.69, 9.17) is 9.47 Å². The van der Waals surface area contributed by atoms with Gasteiger partial charge in [0.1, 0.15) is 5.60 Å². The molecule has 1 aromatic heterocycles. The summed E-state index contributed by atoms with van der Waals surface area (Å²) < 4.78 is 10.6. The molecule has 1 aromatic rings. The first kappa shape index (κ1) is 15.6. The van der Waals surface area contributed by atoms with Crippen LogP contribution in [0.3, 0.4) is 0 Å². The van der Waals surface area contributed by atoms with E-state index in [0.29, 0.717) is 5.88 Å². The SMILES string of the molecule is COc1ccc([C@H]2CCCCN2C(=O)OC(C)(C)C)cn1. The van der Waals surface area contributed by atoms with Crippen molar-refractivity contribution in [3.8, 4) is 5.88 Å². The minimum Gasteiger partial charge on any atom is -0.481 e. The highest BCUT2D eigenvalue weighted by Crippen LogP contribution is 2.32. The van der Waals surface area contributed by atoms with Crippen LogP contribution < -0.4 is 4.74 Å². The molecule has 0 radical (unpaired) electrons. The summed E-state index contributed by atoms with van der Waals surface area (Å²) in [4.78, 5) is 18.4. The van der Waals surface area contributed by atoms with Crippen LogP contribution in [0.2, 0.25) is 0 Å². The predicted molar refractivity (Wildman–Crippen MR) is 80.3 cm³/mol. The van der Waals surface area contributed by atoms with E-state index in [-0.39, 0.29) is 12.1 Å². The Bertz CT molecular complexity index is 479. The Morgan fingerprint density at radius 3 is 2.67 bits per heavy atom. The van der Waals surface area contributed by atoms with Gasteiger partial charge in [0.05, 0.1) is 13.2 Å². The Morgan fingerprint density at radius 2 is 2.10 bits per heavy atom. The third-order valence-corrected chi connectivity index (χ3v) is 3.48. The second-order valence-corrected chi connectivity index (χ2v) is 6.32. The van der Waals surface area contributed by atoms with Gasteiger partial charge in [0.15, 0.2) is 0 Å². The molecule has 5 heteroatoms. The lowest BCUT2D eigenvalue weighted by Gasteiger charge is -2.36. The number of hydrogen-bond acceptors (Lipinski definition) is 4. The highest BCUT2D eigenvalue weighted by atomic mass is 16.6. The zero-order valence-corrected chi connectivity index (χ0v) is 13.3. The van der Waals surface area contributed by atoms with Crippen molar-refractivity contribution in [1.29, 1.82) is 0 Å². The van der Waals surface area contributed by atoms with Gasteiger partial charge in [-0.25, -0.2) is 9.78 Å². The van der Waals surface area contributed by atoms with Crippen LogP contribution in [0.25, 0.3) is 0 Å². The number of aromatic nitrogens is 1. The Hall–Kier alpha value is -1.78. The molecule has 116 valence electrons. The van der Waals surface area contributed by atoms with Gasteiger partial charge < -0.3 is 14.4 Å². The van der Waals surface area contributed by atoms with Crippen molar-refractivity contribution in [1.82, 2.24) is 9.88 Å². The van der Waals surface area contributed by atoms with Crippen molar-refractivity contribution in [3.63, 3.8) is 0 Å². The zero-order valence-electron chi connectivity index (χ0n) is 13.3. The number of methoxy groups -OCH3 is 1. The largest absolute Gasteiger partial charge is 0.481 e. The van der Waals surface area contributed by atoms with Crippen molar-refractivity contribution in [2.45, 2.75) is 51.7 Å². The van der Waals surface area contributed by atoms with Gasteiger partial charge in [-0.3, -0.25) is 0 Å². The Balaban J connectivity index is 2.16. The summed E-state index contributed by atoms with van der Waals surface area (Å²) in [6.07, 6.45) is 4.59. The van der Waals surface area contributed by atoms with Crippen LogP contribution in [-0.4, -0.2) is 35.2 Å². The van der Waals surface area contributed by atoms with Crippen molar-refractivity contribution in [2.24, 2.45) is 0 Å². The smallest absolute Gasteiger partial charge is 0.410 e. The zero-order chi connectivity index (χ0) is 15.5. The Morgan fingerprint density at radius 1 is 1.33 bits per heavy atom. The first-order valence-electron chi connectivity index (χ1n) is 7.40. The number of amides is 1. The molecule has 0 unspecified atom stereocenters. The van der Waals surface area contributed by atoms with Crippen LogP contribution in [0.5, 0.6) is 5.88 Å². The Kier molecular flexibility index (Phi) is 4.70. The van der Waals surface area contributed by atoms with Gasteiger partial charge in [-0.2, -0.15) is 0 Å². The molecule has 2 heterocycles. The summed E-state index contributed by atoms with van der Waals surface area (Å²) in [7, 11) is 1.59. The number of likely N-dealkylation sites (tertiary alicyclic amines) is 1. The fourth-order valence-electron chi connectivity index (χ4n) is 2.53. The third kappa shape index (κ3) is 4.09. The molecular weight excluding hydrogens is 268 g/mol. The summed E-state index contributed by atoms with van der Waals surface area (Å²) in [5.74, 6) is 0.582. The number of pyridine rings is 1. The third-order valence-electron chi connectivity index (χ3n) is 3.48. The Labute approximate surface area is 126 Å². The number of carbonyl (C=O) groups is 1. The lowest BCUT2D eigenvalue weighted by molar-refractivity contribution is 0.00948. The molecule has 21 heavy (non-hydrogen) atoms. The van der Waals surface area contributed by atoms with Gasteiger partial charge in [0.2, 0.25) is 5.88 Å². The van der Waals surface area contributed by atoms with Gasteiger partial charge in [0, 0.05) is 18.8 Å². The van der Waals surface area contributed by atoms with Crippen LogP contribution in [0.1, 0.15) is 51.6 Å². The van der Waals surface area contributed by atoms with E-state index in [0.717, 1.165) is 31.4 Å². The molecule has 0 saturated carbocycles.